The zero-order valence-electron chi connectivity index (χ0n) is 12.2. The second kappa shape index (κ2) is 6.80. The Morgan fingerprint density at radius 3 is 2.41 bits per heavy atom. The number of benzene rings is 2. The van der Waals surface area contributed by atoms with Crippen molar-refractivity contribution in [2.45, 2.75) is 24.6 Å². The maximum Gasteiger partial charge on any atom is 0.176 e. The smallest absolute Gasteiger partial charge is 0.176 e. The Bertz CT molecular complexity index is 674. The first kappa shape index (κ1) is 14.9. The van der Waals surface area contributed by atoms with Crippen molar-refractivity contribution >= 4 is 23.5 Å². The molecule has 0 heterocycles. The lowest BCUT2D eigenvalue weighted by Gasteiger charge is -2.17. The van der Waals surface area contributed by atoms with Crippen LogP contribution in [0.5, 0.6) is 11.5 Å². The molecule has 1 aliphatic carbocycles. The van der Waals surface area contributed by atoms with Crippen LogP contribution in [0.25, 0.3) is 6.08 Å². The Hall–Kier alpha value is -2.06. The molecule has 1 unspecified atom stereocenters. The average Bonchev–Trinajstić information content (AvgIpc) is 2.55. The van der Waals surface area contributed by atoms with Gasteiger partial charge in [0.2, 0.25) is 0 Å². The number of alkyl halides is 1. The number of carbonyl (C=O) groups excluding carboxylic acids is 1. The summed E-state index contributed by atoms with van der Waals surface area (Å²) in [7, 11) is 0. The van der Waals surface area contributed by atoms with Gasteiger partial charge in [0.05, 0.1) is 5.38 Å². The minimum Gasteiger partial charge on any atom is -0.457 e. The molecule has 0 bridgehead atoms. The van der Waals surface area contributed by atoms with E-state index < -0.39 is 0 Å². The quantitative estimate of drug-likeness (QED) is 0.573. The van der Waals surface area contributed by atoms with Crippen LogP contribution in [0, 0.1) is 0 Å². The molecule has 0 aromatic heterocycles. The highest BCUT2D eigenvalue weighted by Gasteiger charge is 2.24. The van der Waals surface area contributed by atoms with Crippen molar-refractivity contribution in [3.05, 3.63) is 65.7 Å². The lowest BCUT2D eigenvalue weighted by Crippen LogP contribution is -2.21. The van der Waals surface area contributed by atoms with Crippen molar-refractivity contribution < 1.29 is 9.53 Å². The van der Waals surface area contributed by atoms with Crippen LogP contribution in [0.2, 0.25) is 0 Å². The second-order valence-corrected chi connectivity index (χ2v) is 5.90. The van der Waals surface area contributed by atoms with Gasteiger partial charge in [-0.05, 0) is 60.7 Å². The summed E-state index contributed by atoms with van der Waals surface area (Å²) in [6, 6.07) is 17.4. The number of carbonyl (C=O) groups is 1. The van der Waals surface area contributed by atoms with Gasteiger partial charge in [0.1, 0.15) is 11.5 Å². The number of Topliss-reactive ketones (excluding diaryl/α,β-unsaturated/α-hetero) is 1. The van der Waals surface area contributed by atoms with Gasteiger partial charge in [-0.1, -0.05) is 30.3 Å². The normalized spacial score (nSPS) is 20.1. The zero-order chi connectivity index (χ0) is 15.4. The lowest BCUT2D eigenvalue weighted by molar-refractivity contribution is -0.116. The number of allylic oxidation sites excluding steroid dienone is 1. The topological polar surface area (TPSA) is 26.3 Å². The average molecular weight is 313 g/mol. The number of para-hydroxylation sites is 1. The standard InChI is InChI=1S/C19H17ClO2/c20-18-8-4-5-15(19(18)21)13-14-9-11-17(12-10-14)22-16-6-2-1-3-7-16/h1-3,6-7,9-13,18H,4-5,8H2. The van der Waals surface area contributed by atoms with E-state index in [0.717, 1.165) is 41.9 Å². The first-order chi connectivity index (χ1) is 10.7. The van der Waals surface area contributed by atoms with Gasteiger partial charge in [-0.3, -0.25) is 4.79 Å². The van der Waals surface area contributed by atoms with Crippen LogP contribution in [-0.4, -0.2) is 11.2 Å². The number of hydrogen-bond acceptors (Lipinski definition) is 2. The Labute approximate surface area is 135 Å². The third kappa shape index (κ3) is 3.58. The highest BCUT2D eigenvalue weighted by atomic mass is 35.5. The van der Waals surface area contributed by atoms with Gasteiger partial charge >= 0.3 is 0 Å². The van der Waals surface area contributed by atoms with Crippen LogP contribution in [0.15, 0.2) is 60.2 Å². The zero-order valence-corrected chi connectivity index (χ0v) is 12.9. The fourth-order valence-electron chi connectivity index (χ4n) is 2.53. The lowest BCUT2D eigenvalue weighted by atomic mass is 9.91. The highest BCUT2D eigenvalue weighted by Crippen LogP contribution is 2.27. The van der Waals surface area contributed by atoms with Crippen LogP contribution in [-0.2, 0) is 4.79 Å². The molecule has 1 aliphatic rings. The van der Waals surface area contributed by atoms with E-state index in [0.29, 0.717) is 0 Å². The molecule has 0 amide bonds. The molecule has 0 radical (unpaired) electrons. The minimum absolute atomic E-state index is 0.0672. The van der Waals surface area contributed by atoms with E-state index >= 15 is 0 Å². The van der Waals surface area contributed by atoms with E-state index in [-0.39, 0.29) is 11.2 Å². The molecule has 0 N–H and O–H groups in total. The number of hydrogen-bond donors (Lipinski definition) is 0. The third-order valence-electron chi connectivity index (χ3n) is 3.70. The summed E-state index contributed by atoms with van der Waals surface area (Å²) in [5.41, 5.74) is 1.82. The van der Waals surface area contributed by atoms with Crippen LogP contribution >= 0.6 is 11.6 Å². The molecule has 112 valence electrons. The van der Waals surface area contributed by atoms with Gasteiger partial charge < -0.3 is 4.74 Å². The van der Waals surface area contributed by atoms with Gasteiger partial charge in [0.25, 0.3) is 0 Å². The van der Waals surface area contributed by atoms with Gasteiger partial charge in [-0.2, -0.15) is 0 Å². The molecule has 2 nitrogen and oxygen atoms in total. The number of rotatable bonds is 3. The van der Waals surface area contributed by atoms with E-state index in [1.54, 1.807) is 0 Å². The SMILES string of the molecule is O=C1C(=Cc2ccc(Oc3ccccc3)cc2)CCCC1Cl. The van der Waals surface area contributed by atoms with Crippen molar-refractivity contribution in [2.75, 3.05) is 0 Å². The van der Waals surface area contributed by atoms with Crippen LogP contribution in [0.3, 0.4) is 0 Å². The summed E-state index contributed by atoms with van der Waals surface area (Å²) >= 11 is 6.03. The van der Waals surface area contributed by atoms with E-state index in [4.69, 9.17) is 16.3 Å². The molecule has 3 rings (SSSR count). The summed E-state index contributed by atoms with van der Waals surface area (Å²) in [6.45, 7) is 0. The summed E-state index contributed by atoms with van der Waals surface area (Å²) in [4.78, 5) is 12.0. The second-order valence-electron chi connectivity index (χ2n) is 5.38. The fraction of sp³-hybridized carbons (Fsp3) is 0.211. The summed E-state index contributed by atoms with van der Waals surface area (Å²) in [6.07, 6.45) is 4.50. The van der Waals surface area contributed by atoms with Gasteiger partial charge in [0.15, 0.2) is 5.78 Å². The monoisotopic (exact) mass is 312 g/mol. The Morgan fingerprint density at radius 2 is 1.68 bits per heavy atom. The maximum atomic E-state index is 12.0. The summed E-state index contributed by atoms with van der Waals surface area (Å²) < 4.78 is 5.75. The first-order valence-electron chi connectivity index (χ1n) is 7.44. The molecular formula is C19H17ClO2. The molecule has 3 heteroatoms. The highest BCUT2D eigenvalue weighted by molar-refractivity contribution is 6.34. The van der Waals surface area contributed by atoms with E-state index in [2.05, 4.69) is 0 Å². The van der Waals surface area contributed by atoms with Crippen LogP contribution in [0.4, 0.5) is 0 Å². The van der Waals surface area contributed by atoms with Gasteiger partial charge in [0, 0.05) is 0 Å². The van der Waals surface area contributed by atoms with Crippen LogP contribution in [0.1, 0.15) is 24.8 Å². The molecule has 0 saturated heterocycles. The van der Waals surface area contributed by atoms with Gasteiger partial charge in [-0.15, -0.1) is 11.6 Å². The fourth-order valence-corrected chi connectivity index (χ4v) is 2.82. The minimum atomic E-state index is -0.360. The van der Waals surface area contributed by atoms with E-state index in [1.807, 2.05) is 60.7 Å². The molecule has 1 fully saturated rings. The molecule has 2 aromatic rings. The molecule has 0 spiro atoms. The molecule has 0 aliphatic heterocycles. The summed E-state index contributed by atoms with van der Waals surface area (Å²) in [5.74, 6) is 1.65. The maximum absolute atomic E-state index is 12.0. The van der Waals surface area contributed by atoms with Crippen LogP contribution < -0.4 is 4.74 Å². The van der Waals surface area contributed by atoms with Crippen molar-refractivity contribution in [2.24, 2.45) is 0 Å². The van der Waals surface area contributed by atoms with E-state index in [1.165, 1.54) is 0 Å². The Balaban J connectivity index is 1.73. The van der Waals surface area contributed by atoms with Gasteiger partial charge in [-0.25, -0.2) is 0 Å². The predicted molar refractivity (Wildman–Crippen MR) is 89.4 cm³/mol. The largest absolute Gasteiger partial charge is 0.457 e. The third-order valence-corrected chi connectivity index (χ3v) is 4.12. The van der Waals surface area contributed by atoms with Crippen molar-refractivity contribution in [1.82, 2.24) is 0 Å². The number of ketones is 1. The molecule has 2 aromatic carbocycles. The molecular weight excluding hydrogens is 296 g/mol. The Kier molecular flexibility index (Phi) is 4.59. The summed E-state index contributed by atoms with van der Waals surface area (Å²) in [5, 5.41) is -0.360. The number of ether oxygens (including phenoxy) is 1. The Morgan fingerprint density at radius 1 is 1.00 bits per heavy atom. The first-order valence-corrected chi connectivity index (χ1v) is 7.88. The number of halogens is 1. The van der Waals surface area contributed by atoms with Crippen molar-refractivity contribution in [3.8, 4) is 11.5 Å². The van der Waals surface area contributed by atoms with Crippen molar-refractivity contribution in [1.29, 1.82) is 0 Å². The van der Waals surface area contributed by atoms with E-state index in [9.17, 15) is 4.79 Å². The molecule has 1 saturated carbocycles. The predicted octanol–water partition coefficient (Wildman–Crippen LogP) is 5.22. The molecule has 1 atom stereocenters. The molecule has 22 heavy (non-hydrogen) atoms. The van der Waals surface area contributed by atoms with Crippen molar-refractivity contribution in [3.63, 3.8) is 0 Å².